The van der Waals surface area contributed by atoms with E-state index in [1.165, 1.54) is 7.11 Å². The number of nitrogens with zero attached hydrogens (tertiary/aromatic N) is 1. The van der Waals surface area contributed by atoms with Crippen LogP contribution >= 0.6 is 11.6 Å². The van der Waals surface area contributed by atoms with Gasteiger partial charge in [0, 0.05) is 16.9 Å². The molecular weight excluding hydrogens is 516 g/mol. The highest BCUT2D eigenvalue weighted by atomic mass is 35.5. The van der Waals surface area contributed by atoms with Crippen LogP contribution in [0, 0.1) is 0 Å². The van der Waals surface area contributed by atoms with Crippen LogP contribution in [0.3, 0.4) is 0 Å². The number of carbonyl (C=O) groups is 2. The van der Waals surface area contributed by atoms with Crippen LogP contribution in [-0.4, -0.2) is 33.1 Å². The fourth-order valence-electron chi connectivity index (χ4n) is 4.95. The lowest BCUT2D eigenvalue weighted by Crippen LogP contribution is -2.46. The van der Waals surface area contributed by atoms with Gasteiger partial charge < -0.3 is 19.5 Å². The molecule has 2 amide bonds. The predicted molar refractivity (Wildman–Crippen MR) is 151 cm³/mol. The molecule has 1 aliphatic heterocycles. The summed E-state index contributed by atoms with van der Waals surface area (Å²) in [5.74, 6) is 0.616. The van der Waals surface area contributed by atoms with Gasteiger partial charge in [-0.2, -0.15) is 0 Å². The molecule has 7 nitrogen and oxygen atoms in total. The van der Waals surface area contributed by atoms with E-state index in [1.54, 1.807) is 61.6 Å². The molecule has 0 spiro atoms. The van der Waals surface area contributed by atoms with E-state index in [9.17, 15) is 9.59 Å². The van der Waals surface area contributed by atoms with Gasteiger partial charge in [0.25, 0.3) is 5.91 Å². The maximum atomic E-state index is 14.1. The molecule has 1 N–H and O–H groups in total. The summed E-state index contributed by atoms with van der Waals surface area (Å²) in [7, 11) is 4.71. The first-order valence-corrected chi connectivity index (χ1v) is 12.7. The Morgan fingerprint density at radius 3 is 2.08 bits per heavy atom. The van der Waals surface area contributed by atoms with Crippen molar-refractivity contribution in [1.82, 2.24) is 0 Å². The van der Waals surface area contributed by atoms with E-state index in [0.29, 0.717) is 44.8 Å². The first-order valence-electron chi connectivity index (χ1n) is 12.3. The zero-order valence-electron chi connectivity index (χ0n) is 21.7. The third kappa shape index (κ3) is 5.01. The predicted octanol–water partition coefficient (Wildman–Crippen LogP) is 6.49. The lowest BCUT2D eigenvalue weighted by Gasteiger charge is -2.42. The van der Waals surface area contributed by atoms with Crippen molar-refractivity contribution in [3.8, 4) is 17.2 Å². The average molecular weight is 543 g/mol. The molecule has 1 heterocycles. The maximum absolute atomic E-state index is 14.1. The number of halogens is 1. The second kappa shape index (κ2) is 11.1. The molecule has 0 fully saturated rings. The zero-order valence-corrected chi connectivity index (χ0v) is 22.4. The second-order valence-corrected chi connectivity index (χ2v) is 9.40. The molecule has 39 heavy (non-hydrogen) atoms. The van der Waals surface area contributed by atoms with Crippen molar-refractivity contribution in [2.24, 2.45) is 0 Å². The smallest absolute Gasteiger partial charge is 0.259 e. The van der Waals surface area contributed by atoms with E-state index in [1.807, 2.05) is 48.5 Å². The molecule has 2 atom stereocenters. The van der Waals surface area contributed by atoms with E-state index in [-0.39, 0.29) is 11.8 Å². The van der Waals surface area contributed by atoms with Gasteiger partial charge in [-0.15, -0.1) is 0 Å². The zero-order chi connectivity index (χ0) is 27.5. The van der Waals surface area contributed by atoms with Crippen LogP contribution in [0.25, 0.3) is 0 Å². The Balaban J connectivity index is 1.66. The van der Waals surface area contributed by atoms with Crippen LogP contribution in [0.15, 0.2) is 91.0 Å². The van der Waals surface area contributed by atoms with Gasteiger partial charge in [0.05, 0.1) is 38.3 Å². The molecule has 5 rings (SSSR count). The third-order valence-electron chi connectivity index (χ3n) is 6.85. The molecule has 0 bridgehead atoms. The SMILES string of the molecule is COc1ccc([C@H]2[C@H](C(=O)Nc3ccc(OC)c(Cl)c3)c3ccccc3C(=O)N2c2ccc(OC)cc2)cc1. The molecule has 0 saturated carbocycles. The summed E-state index contributed by atoms with van der Waals surface area (Å²) < 4.78 is 15.9. The number of carbonyl (C=O) groups excluding carboxylic acids is 2. The summed E-state index contributed by atoms with van der Waals surface area (Å²) >= 11 is 6.33. The first kappa shape index (κ1) is 26.1. The highest BCUT2D eigenvalue weighted by Gasteiger charge is 2.45. The number of ether oxygens (including phenoxy) is 3. The van der Waals surface area contributed by atoms with Crippen molar-refractivity contribution < 1.29 is 23.8 Å². The van der Waals surface area contributed by atoms with Crippen LogP contribution in [0.5, 0.6) is 17.2 Å². The fourth-order valence-corrected chi connectivity index (χ4v) is 5.21. The normalized spacial score (nSPS) is 16.3. The highest BCUT2D eigenvalue weighted by molar-refractivity contribution is 6.32. The van der Waals surface area contributed by atoms with Crippen molar-refractivity contribution in [2.75, 3.05) is 31.5 Å². The Morgan fingerprint density at radius 1 is 0.821 bits per heavy atom. The first-order chi connectivity index (χ1) is 18.9. The number of nitrogens with one attached hydrogen (secondary N) is 1. The maximum Gasteiger partial charge on any atom is 0.259 e. The quantitative estimate of drug-likeness (QED) is 0.289. The van der Waals surface area contributed by atoms with Gasteiger partial charge in [-0.05, 0) is 71.8 Å². The van der Waals surface area contributed by atoms with Crippen molar-refractivity contribution in [2.45, 2.75) is 12.0 Å². The van der Waals surface area contributed by atoms with E-state index < -0.39 is 12.0 Å². The highest BCUT2D eigenvalue weighted by Crippen LogP contribution is 2.46. The average Bonchev–Trinajstić information content (AvgIpc) is 2.97. The molecule has 4 aromatic rings. The molecule has 1 aliphatic rings. The minimum Gasteiger partial charge on any atom is -0.497 e. The van der Waals surface area contributed by atoms with Crippen molar-refractivity contribution in [1.29, 1.82) is 0 Å². The van der Waals surface area contributed by atoms with E-state index >= 15 is 0 Å². The van der Waals surface area contributed by atoms with Gasteiger partial charge in [0.2, 0.25) is 5.91 Å². The molecule has 198 valence electrons. The fraction of sp³-hybridized carbons (Fsp3) is 0.161. The number of methoxy groups -OCH3 is 3. The molecule has 4 aromatic carbocycles. The Morgan fingerprint density at radius 2 is 1.46 bits per heavy atom. The molecule has 0 unspecified atom stereocenters. The van der Waals surface area contributed by atoms with Crippen molar-refractivity contribution >= 4 is 34.8 Å². The summed E-state index contributed by atoms with van der Waals surface area (Å²) in [4.78, 5) is 29.8. The Hall–Kier alpha value is -4.49. The van der Waals surface area contributed by atoms with Gasteiger partial charge in [-0.3, -0.25) is 14.5 Å². The van der Waals surface area contributed by atoms with Crippen molar-refractivity contribution in [3.63, 3.8) is 0 Å². The summed E-state index contributed by atoms with van der Waals surface area (Å²) in [6.45, 7) is 0. The monoisotopic (exact) mass is 542 g/mol. The van der Waals surface area contributed by atoms with Crippen LogP contribution in [0.4, 0.5) is 11.4 Å². The number of anilines is 2. The standard InChI is InChI=1S/C31H27ClN2O5/c1-37-22-13-8-19(9-14-22)29-28(30(35)33-20-10-17-27(39-3)26(32)18-20)24-6-4-5-7-25(24)31(36)34(29)21-11-15-23(38-2)16-12-21/h4-18,28-29H,1-3H3,(H,33,35)/t28-,29+/m1/s1. The van der Waals surface area contributed by atoms with Crippen LogP contribution in [0.2, 0.25) is 5.02 Å². The number of amides is 2. The van der Waals surface area contributed by atoms with Gasteiger partial charge >= 0.3 is 0 Å². The van der Waals surface area contributed by atoms with Gasteiger partial charge in [-0.1, -0.05) is 41.9 Å². The van der Waals surface area contributed by atoms with E-state index in [0.717, 1.165) is 5.56 Å². The Kier molecular flexibility index (Phi) is 7.43. The van der Waals surface area contributed by atoms with Crippen LogP contribution in [0.1, 0.15) is 33.4 Å². The minimum atomic E-state index is -0.740. The molecule has 0 radical (unpaired) electrons. The Labute approximate surface area is 231 Å². The van der Waals surface area contributed by atoms with Crippen LogP contribution in [-0.2, 0) is 4.79 Å². The third-order valence-corrected chi connectivity index (χ3v) is 7.14. The van der Waals surface area contributed by atoms with Crippen LogP contribution < -0.4 is 24.4 Å². The number of fused-ring (bicyclic) bond motifs is 1. The number of hydrogen-bond acceptors (Lipinski definition) is 5. The summed E-state index contributed by atoms with van der Waals surface area (Å²) in [6.07, 6.45) is 0. The van der Waals surface area contributed by atoms with Crippen molar-refractivity contribution in [3.05, 3.63) is 113 Å². The topological polar surface area (TPSA) is 77.1 Å². The summed E-state index contributed by atoms with van der Waals surface area (Å²) in [6, 6.07) is 26.3. The number of benzene rings is 4. The molecular formula is C31H27ClN2O5. The molecule has 0 aliphatic carbocycles. The second-order valence-electron chi connectivity index (χ2n) is 8.99. The largest absolute Gasteiger partial charge is 0.497 e. The van der Waals surface area contributed by atoms with Gasteiger partial charge in [0.1, 0.15) is 17.2 Å². The van der Waals surface area contributed by atoms with E-state index in [2.05, 4.69) is 5.32 Å². The molecule has 0 saturated heterocycles. The van der Waals surface area contributed by atoms with E-state index in [4.69, 9.17) is 25.8 Å². The number of rotatable bonds is 7. The number of hydrogen-bond donors (Lipinski definition) is 1. The van der Waals surface area contributed by atoms with Gasteiger partial charge in [0.15, 0.2) is 0 Å². The summed E-state index contributed by atoms with van der Waals surface area (Å²) in [5, 5.41) is 3.39. The lowest BCUT2D eigenvalue weighted by atomic mass is 9.78. The molecule has 0 aromatic heterocycles. The Bertz CT molecular complexity index is 1500. The summed E-state index contributed by atoms with van der Waals surface area (Å²) in [5.41, 5.74) is 3.05. The minimum absolute atomic E-state index is 0.201. The molecule has 8 heteroatoms. The van der Waals surface area contributed by atoms with Gasteiger partial charge in [-0.25, -0.2) is 0 Å². The lowest BCUT2D eigenvalue weighted by molar-refractivity contribution is -0.118.